The largest absolute Gasteiger partial charge is 0.359 e. The van der Waals surface area contributed by atoms with Crippen LogP contribution < -0.4 is 5.32 Å². The van der Waals surface area contributed by atoms with Crippen molar-refractivity contribution in [2.45, 2.75) is 4.90 Å². The van der Waals surface area contributed by atoms with Crippen molar-refractivity contribution < 1.29 is 13.2 Å². The number of sulfone groups is 1. The van der Waals surface area contributed by atoms with Gasteiger partial charge in [0, 0.05) is 11.8 Å². The zero-order chi connectivity index (χ0) is 14.2. The first-order valence-corrected chi connectivity index (χ1v) is 7.49. The Hall–Kier alpha value is -2.40. The van der Waals surface area contributed by atoms with Crippen LogP contribution in [-0.4, -0.2) is 14.2 Å². The van der Waals surface area contributed by atoms with Crippen LogP contribution in [0.1, 0.15) is 10.4 Å². The molecular formula is C15H11NO3S. The molecule has 0 unspecified atom stereocenters. The van der Waals surface area contributed by atoms with Crippen molar-refractivity contribution in [1.82, 2.24) is 0 Å². The predicted octanol–water partition coefficient (Wildman–Crippen LogP) is 2.61. The van der Waals surface area contributed by atoms with Gasteiger partial charge in [-0.2, -0.15) is 0 Å². The van der Waals surface area contributed by atoms with Crippen LogP contribution >= 0.6 is 0 Å². The minimum absolute atomic E-state index is 0.127. The van der Waals surface area contributed by atoms with Crippen LogP contribution in [-0.2, 0) is 9.84 Å². The lowest BCUT2D eigenvalue weighted by Gasteiger charge is -2.17. The topological polar surface area (TPSA) is 63.2 Å². The van der Waals surface area contributed by atoms with Crippen LogP contribution in [0.3, 0.4) is 0 Å². The average Bonchev–Trinajstić information content (AvgIpc) is 2.48. The molecule has 3 rings (SSSR count). The Bertz CT molecular complexity index is 808. The summed E-state index contributed by atoms with van der Waals surface area (Å²) in [6.45, 7) is 0. The predicted molar refractivity (Wildman–Crippen MR) is 76.1 cm³/mol. The van der Waals surface area contributed by atoms with E-state index in [0.717, 1.165) is 0 Å². The Labute approximate surface area is 116 Å². The van der Waals surface area contributed by atoms with Crippen molar-refractivity contribution in [2.24, 2.45) is 0 Å². The van der Waals surface area contributed by atoms with E-state index in [4.69, 9.17) is 0 Å². The van der Waals surface area contributed by atoms with Crippen molar-refractivity contribution in [3.63, 3.8) is 0 Å². The Morgan fingerprint density at radius 2 is 1.55 bits per heavy atom. The normalized spacial score (nSPS) is 15.7. The molecule has 100 valence electrons. The molecule has 0 atom stereocenters. The van der Waals surface area contributed by atoms with Gasteiger partial charge in [0.25, 0.3) is 0 Å². The third kappa shape index (κ3) is 1.92. The van der Waals surface area contributed by atoms with Crippen LogP contribution in [0.5, 0.6) is 0 Å². The molecule has 4 nitrogen and oxygen atoms in total. The highest BCUT2D eigenvalue weighted by molar-refractivity contribution is 7.96. The Morgan fingerprint density at radius 1 is 0.900 bits per heavy atom. The van der Waals surface area contributed by atoms with Crippen LogP contribution in [0.4, 0.5) is 5.69 Å². The molecule has 0 bridgehead atoms. The third-order valence-corrected chi connectivity index (χ3v) is 4.90. The lowest BCUT2D eigenvalue weighted by molar-refractivity contribution is 0.104. The van der Waals surface area contributed by atoms with Gasteiger partial charge < -0.3 is 5.32 Å². The number of ketones is 1. The van der Waals surface area contributed by atoms with E-state index in [1.165, 1.54) is 12.3 Å². The monoisotopic (exact) mass is 285 g/mol. The minimum atomic E-state index is -3.78. The fourth-order valence-electron chi connectivity index (χ4n) is 2.08. The third-order valence-electron chi connectivity index (χ3n) is 3.08. The fraction of sp³-hybridized carbons (Fsp3) is 0. The number of anilines is 1. The first-order chi connectivity index (χ1) is 9.60. The highest BCUT2D eigenvalue weighted by atomic mass is 32.2. The standard InChI is InChI=1S/C15H11NO3S/c17-15(11-6-2-1-3-7-11)14-10-16-12-8-4-5-9-13(12)20(14,18)19/h1-10,16H. The number of nitrogens with one attached hydrogen (secondary N) is 1. The van der Waals surface area contributed by atoms with Gasteiger partial charge in [-0.3, -0.25) is 4.79 Å². The summed E-state index contributed by atoms with van der Waals surface area (Å²) in [5, 5.41) is 2.86. The van der Waals surface area contributed by atoms with Crippen LogP contribution in [0.15, 0.2) is 70.6 Å². The summed E-state index contributed by atoms with van der Waals surface area (Å²) in [5.74, 6) is -0.507. The zero-order valence-electron chi connectivity index (χ0n) is 10.4. The number of hydrogen-bond donors (Lipinski definition) is 1. The number of hydrogen-bond acceptors (Lipinski definition) is 4. The molecule has 20 heavy (non-hydrogen) atoms. The van der Waals surface area contributed by atoms with E-state index in [0.29, 0.717) is 11.3 Å². The highest BCUT2D eigenvalue weighted by Crippen LogP contribution is 2.32. The fourth-order valence-corrected chi connectivity index (χ4v) is 3.57. The molecule has 1 N–H and O–H groups in total. The van der Waals surface area contributed by atoms with E-state index in [2.05, 4.69) is 5.32 Å². The van der Waals surface area contributed by atoms with Gasteiger partial charge in [-0.25, -0.2) is 8.42 Å². The highest BCUT2D eigenvalue weighted by Gasteiger charge is 2.32. The van der Waals surface area contributed by atoms with Crippen LogP contribution in [0, 0.1) is 0 Å². The average molecular weight is 285 g/mol. The second-order valence-corrected chi connectivity index (χ2v) is 6.23. The molecule has 0 spiro atoms. The van der Waals surface area contributed by atoms with Gasteiger partial charge in [0.05, 0.1) is 10.6 Å². The van der Waals surface area contributed by atoms with E-state index < -0.39 is 15.6 Å². The number of Topliss-reactive ketones (excluding diaryl/α,β-unsaturated/α-hetero) is 1. The maximum Gasteiger partial charge on any atom is 0.213 e. The van der Waals surface area contributed by atoms with E-state index in [-0.39, 0.29) is 9.80 Å². The van der Waals surface area contributed by atoms with Crippen molar-refractivity contribution in [3.8, 4) is 0 Å². The number of allylic oxidation sites excluding steroid dienone is 1. The first kappa shape index (κ1) is 12.6. The molecule has 1 aliphatic heterocycles. The second kappa shape index (κ2) is 4.61. The van der Waals surface area contributed by atoms with Crippen molar-refractivity contribution in [1.29, 1.82) is 0 Å². The van der Waals surface area contributed by atoms with Crippen molar-refractivity contribution >= 4 is 21.3 Å². The molecule has 1 aliphatic rings. The molecule has 2 aromatic carbocycles. The van der Waals surface area contributed by atoms with Crippen molar-refractivity contribution in [2.75, 3.05) is 5.32 Å². The van der Waals surface area contributed by atoms with E-state index in [1.807, 2.05) is 0 Å². The molecule has 1 heterocycles. The molecule has 0 saturated carbocycles. The van der Waals surface area contributed by atoms with Gasteiger partial charge >= 0.3 is 0 Å². The Kier molecular flexibility index (Phi) is 2.91. The number of rotatable bonds is 2. The van der Waals surface area contributed by atoms with Crippen LogP contribution in [0.25, 0.3) is 0 Å². The van der Waals surface area contributed by atoms with E-state index >= 15 is 0 Å². The van der Waals surface area contributed by atoms with Gasteiger partial charge in [-0.1, -0.05) is 42.5 Å². The summed E-state index contributed by atoms with van der Waals surface area (Å²) in [7, 11) is -3.78. The summed E-state index contributed by atoms with van der Waals surface area (Å²) in [6, 6.07) is 14.9. The molecule has 0 amide bonds. The number of benzene rings is 2. The quantitative estimate of drug-likeness (QED) is 0.861. The first-order valence-electron chi connectivity index (χ1n) is 6.01. The molecule has 5 heteroatoms. The van der Waals surface area contributed by atoms with Gasteiger partial charge in [0.2, 0.25) is 15.6 Å². The summed E-state index contributed by atoms with van der Waals surface area (Å²) < 4.78 is 25.0. The molecular weight excluding hydrogens is 274 g/mol. The molecule has 0 aliphatic carbocycles. The lowest BCUT2D eigenvalue weighted by atomic mass is 10.1. The molecule has 0 saturated heterocycles. The summed E-state index contributed by atoms with van der Waals surface area (Å²) in [4.78, 5) is 12.2. The van der Waals surface area contributed by atoms with Gasteiger partial charge in [-0.05, 0) is 12.1 Å². The molecule has 0 fully saturated rings. The summed E-state index contributed by atoms with van der Waals surface area (Å²) in [6.07, 6.45) is 1.26. The number of para-hydroxylation sites is 1. The van der Waals surface area contributed by atoms with Crippen molar-refractivity contribution in [3.05, 3.63) is 71.3 Å². The smallest absolute Gasteiger partial charge is 0.213 e. The SMILES string of the molecule is O=C(C1=CNc2ccccc2S1(=O)=O)c1ccccc1. The van der Waals surface area contributed by atoms with Gasteiger partial charge in [-0.15, -0.1) is 0 Å². The maximum absolute atomic E-state index is 12.5. The molecule has 0 aromatic heterocycles. The van der Waals surface area contributed by atoms with E-state index in [9.17, 15) is 13.2 Å². The second-order valence-electron chi connectivity index (χ2n) is 4.35. The number of fused-ring (bicyclic) bond motifs is 1. The Morgan fingerprint density at radius 3 is 2.30 bits per heavy atom. The summed E-state index contributed by atoms with van der Waals surface area (Å²) >= 11 is 0. The lowest BCUT2D eigenvalue weighted by Crippen LogP contribution is -2.20. The van der Waals surface area contributed by atoms with Gasteiger partial charge in [0.15, 0.2) is 0 Å². The van der Waals surface area contributed by atoms with Crippen LogP contribution in [0.2, 0.25) is 0 Å². The zero-order valence-corrected chi connectivity index (χ0v) is 11.2. The van der Waals surface area contributed by atoms with Gasteiger partial charge in [0.1, 0.15) is 4.91 Å². The molecule has 2 aromatic rings. The molecule has 0 radical (unpaired) electrons. The number of carbonyl (C=O) groups is 1. The van der Waals surface area contributed by atoms with E-state index in [1.54, 1.807) is 48.5 Å². The Balaban J connectivity index is 2.10. The maximum atomic E-state index is 12.5. The summed E-state index contributed by atoms with van der Waals surface area (Å²) in [5.41, 5.74) is 0.834. The minimum Gasteiger partial charge on any atom is -0.359 e. The number of carbonyl (C=O) groups excluding carboxylic acids is 1.